The molecule has 1 fully saturated rings. The molecule has 0 saturated heterocycles. The number of para-hydroxylation sites is 1. The summed E-state index contributed by atoms with van der Waals surface area (Å²) >= 11 is 9.86. The minimum Gasteiger partial charge on any atom is -0.496 e. The summed E-state index contributed by atoms with van der Waals surface area (Å²) in [6, 6.07) is 75.5. The Bertz CT molecular complexity index is 5880. The summed E-state index contributed by atoms with van der Waals surface area (Å²) < 4.78 is 10.5. The number of unbranched alkanes of at least 4 members (excludes halogenated alkanes) is 1. The lowest BCUT2D eigenvalue weighted by Crippen LogP contribution is -2.08. The van der Waals surface area contributed by atoms with Gasteiger partial charge in [-0.15, -0.1) is 68.0 Å². The SMILES string of the molecule is CC(=O)CCc1csc(Nc2ccc(N(C)C)cc2)n1.CCCCc1ccc(-c2csc(Nc3ccc(N(C)C)cc3)n2)cc1.CN(C)c1ccc(Cc2nc(C3CCCCC3)cs2)cc1.CN(C)c1ccc(Nc2nc(-c3ccc(N(C)C)cc3)cs2)cc1.COCCCc1csc(Nc2ccc(N(C)C)cc2)n1.COc1ccccc1-c1csc(Nc2ccc(N(C)C)cc2)n1. The molecule has 0 aliphatic heterocycles. The van der Waals surface area contributed by atoms with Crippen molar-refractivity contribution in [1.29, 1.82) is 0 Å². The van der Waals surface area contributed by atoms with Gasteiger partial charge in [-0.05, 0) is 221 Å². The van der Waals surface area contributed by atoms with Crippen molar-refractivity contribution in [3.05, 3.63) is 284 Å². The first-order valence-electron chi connectivity index (χ1n) is 45.0. The quantitative estimate of drug-likeness (QED) is 0.0239. The fraction of sp³-hybridized carbons (Fsp3) is 0.311. The number of carbonyl (C=O) groups is 1. The number of hydrogen-bond donors (Lipinski definition) is 5. The van der Waals surface area contributed by atoms with Gasteiger partial charge in [0.2, 0.25) is 0 Å². The molecule has 6 heterocycles. The molecular formula is C106H130N18O3S6. The summed E-state index contributed by atoms with van der Waals surface area (Å²) in [6.45, 7) is 4.62. The van der Waals surface area contributed by atoms with Crippen LogP contribution in [-0.4, -0.2) is 155 Å². The molecule has 133 heavy (non-hydrogen) atoms. The number of rotatable bonds is 34. The number of nitrogens with zero attached hydrogens (tertiary/aromatic N) is 13. The lowest BCUT2D eigenvalue weighted by molar-refractivity contribution is -0.117. The standard InChI is InChI=1S/C21H25N3S.C19H22N4S.C18H19N3OS.C18H24N2S.C15H19N3OS.C15H21N3OS/c1-4-5-6-16-7-9-17(10-8-16)20-15-25-21(23-20)22-18-11-13-19(14-12-18)24(2)3;1-22(2)16-9-5-14(6-10-16)18-13-24-19(21-18)20-15-7-11-17(12-8-15)23(3)4;1-21(2)14-10-8-13(9-11-14)19-18-20-16(12-23-18)15-6-4-5-7-17(15)22-3;1-20(2)16-10-8-14(9-11-16)12-18-19-17(13-21-18)15-6-4-3-5-7-15;1-11(19)4-5-13-10-20-15(17-13)16-12-6-8-14(9-7-12)18(2)3;1-18(2)14-8-6-12(7-9-14)16-15-17-13(11-20-15)5-4-10-19-3/h7-15H,4-6H2,1-3H3,(H,22,23);5-13H,1-4H3,(H,20,21);4-12H,1-3H3,(H,19,20);8-11,13,15H,3-7,12H2,1-2H3;6-10H,4-5H2,1-3H3,(H,16,17);6-9,11H,4-5,10H2,1-3H3,(H,16,17). The second kappa shape index (κ2) is 52.3. The van der Waals surface area contributed by atoms with Crippen molar-refractivity contribution in [1.82, 2.24) is 29.9 Å². The molecule has 0 unspecified atom stereocenters. The normalized spacial score (nSPS) is 11.4. The van der Waals surface area contributed by atoms with Gasteiger partial charge in [-0.3, -0.25) is 0 Å². The van der Waals surface area contributed by atoms with E-state index in [-0.39, 0.29) is 5.78 Å². The summed E-state index contributed by atoms with van der Waals surface area (Å²) in [6.07, 6.45) is 14.7. The van der Waals surface area contributed by atoms with Gasteiger partial charge in [-0.25, -0.2) is 29.9 Å². The molecule has 1 saturated carbocycles. The number of ketones is 1. The highest BCUT2D eigenvalue weighted by atomic mass is 32.1. The van der Waals surface area contributed by atoms with Gasteiger partial charge < -0.3 is 75.2 Å². The van der Waals surface area contributed by atoms with Crippen LogP contribution in [0.2, 0.25) is 0 Å². The van der Waals surface area contributed by atoms with E-state index in [1.807, 2.05) is 143 Å². The van der Waals surface area contributed by atoms with E-state index in [2.05, 4.69) is 300 Å². The first kappa shape index (κ1) is 101. The molecule has 1 aliphatic rings. The van der Waals surface area contributed by atoms with E-state index < -0.39 is 0 Å². The Morgan fingerprint density at radius 2 is 0.707 bits per heavy atom. The molecule has 0 bridgehead atoms. The maximum atomic E-state index is 11.0. The van der Waals surface area contributed by atoms with Crippen LogP contribution in [0.3, 0.4) is 0 Å². The van der Waals surface area contributed by atoms with Gasteiger partial charge in [0.1, 0.15) is 11.5 Å². The monoisotopic (exact) mass is 1890 g/mol. The molecule has 0 atom stereocenters. The maximum Gasteiger partial charge on any atom is 0.187 e. The number of ether oxygens (including phenoxy) is 2. The largest absolute Gasteiger partial charge is 0.496 e. The first-order valence-corrected chi connectivity index (χ1v) is 50.3. The van der Waals surface area contributed by atoms with Crippen LogP contribution in [0.1, 0.15) is 111 Å². The van der Waals surface area contributed by atoms with Crippen LogP contribution < -0.4 is 65.6 Å². The van der Waals surface area contributed by atoms with Crippen LogP contribution >= 0.6 is 68.0 Å². The fourth-order valence-corrected chi connectivity index (χ4v) is 18.6. The van der Waals surface area contributed by atoms with Crippen molar-refractivity contribution in [3.8, 4) is 39.5 Å². The van der Waals surface area contributed by atoms with E-state index in [9.17, 15) is 4.79 Å². The van der Waals surface area contributed by atoms with Crippen molar-refractivity contribution < 1.29 is 14.3 Å². The number of anilines is 17. The molecule has 6 aromatic heterocycles. The molecule has 0 spiro atoms. The lowest BCUT2D eigenvalue weighted by Gasteiger charge is -2.19. The van der Waals surface area contributed by atoms with Crippen LogP contribution in [0.5, 0.6) is 5.75 Å². The third kappa shape index (κ3) is 32.9. The molecule has 698 valence electrons. The van der Waals surface area contributed by atoms with Crippen molar-refractivity contribution >= 4 is 168 Å². The highest BCUT2D eigenvalue weighted by Crippen LogP contribution is 2.38. The van der Waals surface area contributed by atoms with E-state index in [0.717, 1.165) is 143 Å². The smallest absolute Gasteiger partial charge is 0.187 e. The van der Waals surface area contributed by atoms with Crippen molar-refractivity contribution in [2.24, 2.45) is 0 Å². The third-order valence-corrected chi connectivity index (χ3v) is 26.6. The molecule has 9 aromatic carbocycles. The Morgan fingerprint density at radius 1 is 0.361 bits per heavy atom. The van der Waals surface area contributed by atoms with Crippen LogP contribution in [0, 0.1) is 0 Å². The predicted molar refractivity (Wildman–Crippen MR) is 577 cm³/mol. The van der Waals surface area contributed by atoms with Gasteiger partial charge >= 0.3 is 0 Å². The Kier molecular flexibility index (Phi) is 39.8. The molecule has 0 amide bonds. The number of benzene rings is 9. The second-order valence-corrected chi connectivity index (χ2v) is 38.9. The van der Waals surface area contributed by atoms with E-state index in [4.69, 9.17) is 24.4 Å². The average molecular weight is 1900 g/mol. The number of thiazole rings is 6. The molecule has 27 heteroatoms. The Hall–Kier alpha value is -12.2. The number of carbonyl (C=O) groups excluding carboxylic acids is 1. The number of Topliss-reactive ketones (excluding diaryl/α,β-unsaturated/α-hetero) is 1. The summed E-state index contributed by atoms with van der Waals surface area (Å²) in [4.78, 5) is 53.6. The number of methoxy groups -OCH3 is 2. The molecule has 1 aliphatic carbocycles. The fourth-order valence-electron chi connectivity index (χ4n) is 14.0. The highest BCUT2D eigenvalue weighted by molar-refractivity contribution is 7.15. The van der Waals surface area contributed by atoms with Gasteiger partial charge in [0, 0.05) is 248 Å². The molecule has 5 N–H and O–H groups in total. The van der Waals surface area contributed by atoms with Gasteiger partial charge in [0.25, 0.3) is 0 Å². The van der Waals surface area contributed by atoms with E-state index in [1.54, 1.807) is 77.8 Å². The minimum absolute atomic E-state index is 0.201. The van der Waals surface area contributed by atoms with Crippen LogP contribution in [0.15, 0.2) is 251 Å². The Labute approximate surface area is 812 Å². The molecule has 16 rings (SSSR count). The van der Waals surface area contributed by atoms with Gasteiger partial charge in [-0.1, -0.05) is 93.3 Å². The molecule has 0 radical (unpaired) electrons. The first-order chi connectivity index (χ1) is 64.3. The summed E-state index contributed by atoms with van der Waals surface area (Å²) in [5.41, 5.74) is 26.0. The van der Waals surface area contributed by atoms with Crippen LogP contribution in [0.25, 0.3) is 33.8 Å². The van der Waals surface area contributed by atoms with E-state index in [0.29, 0.717) is 12.8 Å². The minimum atomic E-state index is 0.201. The van der Waals surface area contributed by atoms with Crippen molar-refractivity contribution in [2.45, 2.75) is 103 Å². The Morgan fingerprint density at radius 3 is 1.09 bits per heavy atom. The Balaban J connectivity index is 0.000000154. The summed E-state index contributed by atoms with van der Waals surface area (Å²) in [7, 11) is 32.0. The topological polar surface area (TPSA) is 196 Å². The zero-order valence-electron chi connectivity index (χ0n) is 80.2. The van der Waals surface area contributed by atoms with Crippen LogP contribution in [0.4, 0.5) is 93.9 Å². The van der Waals surface area contributed by atoms with Crippen molar-refractivity contribution in [2.75, 3.05) is 180 Å². The number of aromatic nitrogens is 6. The highest BCUT2D eigenvalue weighted by Gasteiger charge is 2.20. The average Bonchev–Trinajstić information content (AvgIpc) is 1.71. The van der Waals surface area contributed by atoms with Gasteiger partial charge in [0.05, 0.1) is 46.3 Å². The summed E-state index contributed by atoms with van der Waals surface area (Å²) in [5, 5.41) is 35.1. The van der Waals surface area contributed by atoms with Gasteiger partial charge in [-0.2, -0.15) is 0 Å². The zero-order valence-corrected chi connectivity index (χ0v) is 85.1. The molecular weight excluding hydrogens is 1770 g/mol. The maximum absolute atomic E-state index is 11.0. The van der Waals surface area contributed by atoms with Gasteiger partial charge in [0.15, 0.2) is 25.7 Å². The lowest BCUT2D eigenvalue weighted by atomic mass is 9.87. The molecule has 21 nitrogen and oxygen atoms in total. The predicted octanol–water partition coefficient (Wildman–Crippen LogP) is 27.1. The van der Waals surface area contributed by atoms with Crippen LogP contribution in [-0.2, 0) is 35.2 Å². The zero-order chi connectivity index (χ0) is 94.5. The molecule has 15 aromatic rings. The third-order valence-electron chi connectivity index (χ3n) is 21.8. The van der Waals surface area contributed by atoms with E-state index >= 15 is 0 Å². The number of hydrogen-bond acceptors (Lipinski definition) is 27. The second-order valence-electron chi connectivity index (χ2n) is 33.7. The summed E-state index contributed by atoms with van der Waals surface area (Å²) in [5.74, 6) is 1.76. The van der Waals surface area contributed by atoms with Crippen molar-refractivity contribution in [3.63, 3.8) is 0 Å². The number of aryl methyl sites for hydroxylation is 3. The van der Waals surface area contributed by atoms with E-state index in [1.165, 1.54) is 106 Å². The number of nitrogens with one attached hydrogen (secondary N) is 5.